The van der Waals surface area contributed by atoms with E-state index in [4.69, 9.17) is 0 Å². The molecule has 3 nitrogen and oxygen atoms in total. The Bertz CT molecular complexity index is 560. The number of carbonyl (C=O) groups excluding carboxylic acids is 1. The van der Waals surface area contributed by atoms with E-state index in [0.717, 1.165) is 15.7 Å². The second kappa shape index (κ2) is 4.84. The maximum absolute atomic E-state index is 12.0. The number of rotatable bonds is 3. The molecule has 1 aromatic carbocycles. The van der Waals surface area contributed by atoms with Crippen molar-refractivity contribution in [2.75, 3.05) is 0 Å². The van der Waals surface area contributed by atoms with E-state index in [0.29, 0.717) is 12.0 Å². The molecular formula is C13H13BrN2O. The van der Waals surface area contributed by atoms with E-state index in [1.165, 1.54) is 0 Å². The Labute approximate surface area is 109 Å². The average Bonchev–Trinajstić information content (AvgIpc) is 2.68. The van der Waals surface area contributed by atoms with Crippen LogP contribution in [0.4, 0.5) is 0 Å². The maximum Gasteiger partial charge on any atom is 0.168 e. The van der Waals surface area contributed by atoms with Crippen LogP contribution in [0, 0.1) is 6.92 Å². The Balaban J connectivity index is 2.17. The van der Waals surface area contributed by atoms with E-state index in [-0.39, 0.29) is 5.78 Å². The van der Waals surface area contributed by atoms with Crippen molar-refractivity contribution in [3.63, 3.8) is 0 Å². The lowest BCUT2D eigenvalue weighted by atomic mass is 10.1. The molecule has 0 saturated heterocycles. The summed E-state index contributed by atoms with van der Waals surface area (Å²) in [4.78, 5) is 12.0. The molecule has 0 aliphatic heterocycles. The highest BCUT2D eigenvalue weighted by Crippen LogP contribution is 2.18. The molecule has 4 heteroatoms. The average molecular weight is 293 g/mol. The fourth-order valence-electron chi connectivity index (χ4n) is 1.59. The van der Waals surface area contributed by atoms with Gasteiger partial charge in [0.15, 0.2) is 5.78 Å². The SMILES string of the molecule is Cc1ccc(C(=O)Cc2ccn(C)n2)cc1Br. The summed E-state index contributed by atoms with van der Waals surface area (Å²) in [5.41, 5.74) is 2.64. The third-order valence-corrected chi connectivity index (χ3v) is 3.46. The molecule has 17 heavy (non-hydrogen) atoms. The van der Waals surface area contributed by atoms with Crippen molar-refractivity contribution in [1.82, 2.24) is 9.78 Å². The molecule has 0 radical (unpaired) electrons. The number of aryl methyl sites for hydroxylation is 2. The fraction of sp³-hybridized carbons (Fsp3) is 0.231. The Morgan fingerprint density at radius 2 is 2.18 bits per heavy atom. The molecule has 2 aromatic rings. The van der Waals surface area contributed by atoms with Gasteiger partial charge in [-0.3, -0.25) is 9.48 Å². The van der Waals surface area contributed by atoms with E-state index in [2.05, 4.69) is 21.0 Å². The molecule has 0 N–H and O–H groups in total. The van der Waals surface area contributed by atoms with Gasteiger partial charge in [-0.1, -0.05) is 28.1 Å². The number of carbonyl (C=O) groups is 1. The molecule has 0 atom stereocenters. The van der Waals surface area contributed by atoms with Gasteiger partial charge in [-0.15, -0.1) is 0 Å². The first-order valence-corrected chi connectivity index (χ1v) is 6.13. The number of halogens is 1. The zero-order chi connectivity index (χ0) is 12.4. The highest BCUT2D eigenvalue weighted by molar-refractivity contribution is 9.10. The number of nitrogens with zero attached hydrogens (tertiary/aromatic N) is 2. The van der Waals surface area contributed by atoms with Crippen LogP contribution in [0.1, 0.15) is 21.6 Å². The van der Waals surface area contributed by atoms with E-state index in [1.54, 1.807) is 4.68 Å². The lowest BCUT2D eigenvalue weighted by Crippen LogP contribution is -2.05. The van der Waals surface area contributed by atoms with Crippen LogP contribution >= 0.6 is 15.9 Å². The number of Topliss-reactive ketones (excluding diaryl/α,β-unsaturated/α-hetero) is 1. The smallest absolute Gasteiger partial charge is 0.168 e. The van der Waals surface area contributed by atoms with Crippen LogP contribution in [0.2, 0.25) is 0 Å². The number of hydrogen-bond donors (Lipinski definition) is 0. The van der Waals surface area contributed by atoms with Gasteiger partial charge in [0.2, 0.25) is 0 Å². The van der Waals surface area contributed by atoms with Crippen LogP contribution in [0.5, 0.6) is 0 Å². The van der Waals surface area contributed by atoms with Crippen LogP contribution < -0.4 is 0 Å². The van der Waals surface area contributed by atoms with Crippen molar-refractivity contribution in [2.45, 2.75) is 13.3 Å². The zero-order valence-corrected chi connectivity index (χ0v) is 11.4. The van der Waals surface area contributed by atoms with Gasteiger partial charge in [-0.05, 0) is 24.6 Å². The van der Waals surface area contributed by atoms with E-state index in [1.807, 2.05) is 44.4 Å². The number of hydrogen-bond acceptors (Lipinski definition) is 2. The van der Waals surface area contributed by atoms with Gasteiger partial charge in [0.25, 0.3) is 0 Å². The molecule has 1 aromatic heterocycles. The second-order valence-corrected chi connectivity index (χ2v) is 4.90. The van der Waals surface area contributed by atoms with Gasteiger partial charge < -0.3 is 0 Å². The normalized spacial score (nSPS) is 10.5. The summed E-state index contributed by atoms with van der Waals surface area (Å²) in [5, 5.41) is 4.20. The monoisotopic (exact) mass is 292 g/mol. The third kappa shape index (κ3) is 2.82. The molecule has 0 unspecified atom stereocenters. The lowest BCUT2D eigenvalue weighted by molar-refractivity contribution is 0.0991. The quantitative estimate of drug-likeness (QED) is 0.816. The van der Waals surface area contributed by atoms with Gasteiger partial charge in [0.05, 0.1) is 12.1 Å². The Hall–Kier alpha value is -1.42. The minimum absolute atomic E-state index is 0.0874. The standard InChI is InChI=1S/C13H13BrN2O/c1-9-3-4-10(7-12(9)14)13(17)8-11-5-6-16(2)15-11/h3-7H,8H2,1-2H3. The minimum Gasteiger partial charge on any atom is -0.294 e. The number of aromatic nitrogens is 2. The van der Waals surface area contributed by atoms with Crippen molar-refractivity contribution in [3.8, 4) is 0 Å². The van der Waals surface area contributed by atoms with Gasteiger partial charge in [-0.2, -0.15) is 5.10 Å². The van der Waals surface area contributed by atoms with Gasteiger partial charge in [0.1, 0.15) is 0 Å². The Morgan fingerprint density at radius 1 is 1.41 bits per heavy atom. The van der Waals surface area contributed by atoms with Crippen LogP contribution in [-0.4, -0.2) is 15.6 Å². The predicted octanol–water partition coefficient (Wildman–Crippen LogP) is 2.92. The maximum atomic E-state index is 12.0. The molecule has 1 heterocycles. The number of ketones is 1. The van der Waals surface area contributed by atoms with Gasteiger partial charge in [0, 0.05) is 23.3 Å². The zero-order valence-electron chi connectivity index (χ0n) is 9.77. The van der Waals surface area contributed by atoms with E-state index < -0.39 is 0 Å². The molecule has 88 valence electrons. The van der Waals surface area contributed by atoms with Gasteiger partial charge in [-0.25, -0.2) is 0 Å². The van der Waals surface area contributed by atoms with Crippen molar-refractivity contribution in [3.05, 3.63) is 51.8 Å². The Kier molecular flexibility index (Phi) is 3.43. The summed E-state index contributed by atoms with van der Waals surface area (Å²) in [6.07, 6.45) is 2.18. The highest BCUT2D eigenvalue weighted by Gasteiger charge is 2.09. The number of benzene rings is 1. The van der Waals surface area contributed by atoms with Crippen LogP contribution in [-0.2, 0) is 13.5 Å². The largest absolute Gasteiger partial charge is 0.294 e. The summed E-state index contributed by atoms with van der Waals surface area (Å²) in [7, 11) is 1.84. The van der Waals surface area contributed by atoms with Crippen molar-refractivity contribution in [1.29, 1.82) is 0 Å². The first-order valence-electron chi connectivity index (χ1n) is 5.34. The fourth-order valence-corrected chi connectivity index (χ4v) is 1.97. The van der Waals surface area contributed by atoms with E-state index in [9.17, 15) is 4.79 Å². The predicted molar refractivity (Wildman–Crippen MR) is 70.1 cm³/mol. The van der Waals surface area contributed by atoms with Crippen molar-refractivity contribution in [2.24, 2.45) is 7.05 Å². The Morgan fingerprint density at radius 3 is 2.76 bits per heavy atom. The molecule has 0 bridgehead atoms. The van der Waals surface area contributed by atoms with Crippen LogP contribution in [0.25, 0.3) is 0 Å². The molecule has 0 aliphatic rings. The van der Waals surface area contributed by atoms with Gasteiger partial charge >= 0.3 is 0 Å². The third-order valence-electron chi connectivity index (χ3n) is 2.60. The molecular weight excluding hydrogens is 280 g/mol. The summed E-state index contributed by atoms with van der Waals surface area (Å²) in [6.45, 7) is 2.00. The second-order valence-electron chi connectivity index (χ2n) is 4.04. The summed E-state index contributed by atoms with van der Waals surface area (Å²) >= 11 is 3.43. The van der Waals surface area contributed by atoms with E-state index >= 15 is 0 Å². The van der Waals surface area contributed by atoms with Crippen LogP contribution in [0.3, 0.4) is 0 Å². The van der Waals surface area contributed by atoms with Crippen molar-refractivity contribution >= 4 is 21.7 Å². The molecule has 2 rings (SSSR count). The first kappa shape index (κ1) is 12.0. The summed E-state index contributed by atoms with van der Waals surface area (Å²) in [6, 6.07) is 7.52. The summed E-state index contributed by atoms with van der Waals surface area (Å²) in [5.74, 6) is 0.0874. The topological polar surface area (TPSA) is 34.9 Å². The molecule has 0 fully saturated rings. The first-order chi connectivity index (χ1) is 8.06. The minimum atomic E-state index is 0.0874. The molecule has 0 amide bonds. The molecule has 0 aliphatic carbocycles. The summed E-state index contributed by atoms with van der Waals surface area (Å²) < 4.78 is 2.66. The molecule has 0 spiro atoms. The molecule has 0 saturated carbocycles. The van der Waals surface area contributed by atoms with Crippen molar-refractivity contribution < 1.29 is 4.79 Å². The lowest BCUT2D eigenvalue weighted by Gasteiger charge is -2.02. The van der Waals surface area contributed by atoms with Crippen LogP contribution in [0.15, 0.2) is 34.9 Å². The highest BCUT2D eigenvalue weighted by atomic mass is 79.9.